The van der Waals surface area contributed by atoms with E-state index >= 15 is 0 Å². The summed E-state index contributed by atoms with van der Waals surface area (Å²) in [6.07, 6.45) is 2.78. The fraction of sp³-hybridized carbons (Fsp3) is 0.188. The van der Waals surface area contributed by atoms with Gasteiger partial charge in [0.05, 0.1) is 23.1 Å². The zero-order valence-corrected chi connectivity index (χ0v) is 12.2. The molecule has 2 N–H and O–H groups in total. The number of thiophene rings is 1. The molecule has 0 fully saturated rings. The number of rotatable bonds is 4. The lowest BCUT2D eigenvalue weighted by molar-refractivity contribution is 0.891. The van der Waals surface area contributed by atoms with Gasteiger partial charge in [-0.15, -0.1) is 11.3 Å². The maximum Gasteiger partial charge on any atom is 0.0745 e. The van der Waals surface area contributed by atoms with E-state index in [4.69, 9.17) is 5.73 Å². The molecular formula is C16H17N3S. The van der Waals surface area contributed by atoms with Crippen molar-refractivity contribution >= 4 is 33.6 Å². The average molecular weight is 283 g/mol. The van der Waals surface area contributed by atoms with Crippen molar-refractivity contribution in [3.05, 3.63) is 52.9 Å². The van der Waals surface area contributed by atoms with Crippen LogP contribution in [0.15, 0.2) is 48.0 Å². The molecule has 4 heteroatoms. The highest BCUT2D eigenvalue weighted by Crippen LogP contribution is 2.30. The molecule has 2 heterocycles. The molecule has 0 radical (unpaired) electrons. The van der Waals surface area contributed by atoms with Crippen LogP contribution in [-0.2, 0) is 6.42 Å². The molecule has 0 unspecified atom stereocenters. The second-order valence-corrected chi connectivity index (χ2v) is 5.86. The smallest absolute Gasteiger partial charge is 0.0745 e. The van der Waals surface area contributed by atoms with Gasteiger partial charge in [0.2, 0.25) is 0 Å². The van der Waals surface area contributed by atoms with Crippen molar-refractivity contribution in [2.45, 2.75) is 6.42 Å². The summed E-state index contributed by atoms with van der Waals surface area (Å²) in [6.45, 7) is 0.943. The fourth-order valence-corrected chi connectivity index (χ4v) is 3.11. The Bertz CT molecular complexity index is 707. The second-order valence-electron chi connectivity index (χ2n) is 4.83. The Morgan fingerprint density at radius 2 is 2.05 bits per heavy atom. The summed E-state index contributed by atoms with van der Waals surface area (Å²) in [5, 5.41) is 3.23. The van der Waals surface area contributed by atoms with Gasteiger partial charge in [0.1, 0.15) is 0 Å². The molecule has 3 aromatic rings. The molecule has 102 valence electrons. The molecule has 0 amide bonds. The molecular weight excluding hydrogens is 266 g/mol. The second kappa shape index (κ2) is 5.51. The molecule has 2 aromatic heterocycles. The molecule has 0 aliphatic carbocycles. The summed E-state index contributed by atoms with van der Waals surface area (Å²) in [4.78, 5) is 8.00. The van der Waals surface area contributed by atoms with Gasteiger partial charge in [-0.3, -0.25) is 4.98 Å². The standard InChI is InChI=1S/C16H17N3S/c1-19(9-8-12-5-4-10-20-12)16-13-6-2-3-7-15(13)18-11-14(16)17/h2-7,10-11H,8-9,17H2,1H3. The van der Waals surface area contributed by atoms with Crippen LogP contribution in [-0.4, -0.2) is 18.6 Å². The van der Waals surface area contributed by atoms with Gasteiger partial charge in [-0.1, -0.05) is 24.3 Å². The number of nitrogen functional groups attached to an aromatic ring is 1. The molecule has 20 heavy (non-hydrogen) atoms. The lowest BCUT2D eigenvalue weighted by atomic mass is 10.1. The van der Waals surface area contributed by atoms with E-state index in [0.717, 1.165) is 35.2 Å². The highest BCUT2D eigenvalue weighted by atomic mass is 32.1. The molecule has 0 atom stereocenters. The summed E-state index contributed by atoms with van der Waals surface area (Å²) in [5.41, 5.74) is 8.93. The number of hydrogen-bond donors (Lipinski definition) is 1. The van der Waals surface area contributed by atoms with Crippen molar-refractivity contribution in [1.29, 1.82) is 0 Å². The van der Waals surface area contributed by atoms with Crippen LogP contribution in [0.3, 0.4) is 0 Å². The van der Waals surface area contributed by atoms with E-state index in [2.05, 4.69) is 40.5 Å². The summed E-state index contributed by atoms with van der Waals surface area (Å²) in [6, 6.07) is 12.4. The van der Waals surface area contributed by atoms with Gasteiger partial charge in [0.15, 0.2) is 0 Å². The Hall–Kier alpha value is -2.07. The lowest BCUT2D eigenvalue weighted by Gasteiger charge is -2.22. The molecule has 1 aromatic carbocycles. The maximum atomic E-state index is 6.13. The first-order chi connectivity index (χ1) is 9.75. The minimum Gasteiger partial charge on any atom is -0.396 e. The van der Waals surface area contributed by atoms with Crippen molar-refractivity contribution < 1.29 is 0 Å². The number of hydrogen-bond acceptors (Lipinski definition) is 4. The quantitative estimate of drug-likeness (QED) is 0.796. The third kappa shape index (κ3) is 2.47. The normalized spacial score (nSPS) is 10.8. The fourth-order valence-electron chi connectivity index (χ4n) is 2.41. The van der Waals surface area contributed by atoms with E-state index < -0.39 is 0 Å². The molecule has 0 spiro atoms. The van der Waals surface area contributed by atoms with E-state index in [0.29, 0.717) is 0 Å². The van der Waals surface area contributed by atoms with E-state index in [1.807, 2.05) is 18.2 Å². The van der Waals surface area contributed by atoms with Gasteiger partial charge >= 0.3 is 0 Å². The van der Waals surface area contributed by atoms with Crippen molar-refractivity contribution in [1.82, 2.24) is 4.98 Å². The van der Waals surface area contributed by atoms with Crippen LogP contribution in [0.1, 0.15) is 4.88 Å². The minimum absolute atomic E-state index is 0.734. The summed E-state index contributed by atoms with van der Waals surface area (Å²) >= 11 is 1.80. The number of likely N-dealkylation sites (N-methyl/N-ethyl adjacent to an activating group) is 1. The van der Waals surface area contributed by atoms with E-state index in [9.17, 15) is 0 Å². The van der Waals surface area contributed by atoms with Crippen molar-refractivity contribution in [3.63, 3.8) is 0 Å². The van der Waals surface area contributed by atoms with Crippen LogP contribution < -0.4 is 10.6 Å². The van der Waals surface area contributed by atoms with Crippen LogP contribution in [0, 0.1) is 0 Å². The van der Waals surface area contributed by atoms with Crippen LogP contribution >= 0.6 is 11.3 Å². The monoisotopic (exact) mass is 283 g/mol. The Balaban J connectivity index is 1.90. The number of fused-ring (bicyclic) bond motifs is 1. The van der Waals surface area contributed by atoms with Crippen LogP contribution in [0.5, 0.6) is 0 Å². The van der Waals surface area contributed by atoms with Crippen LogP contribution in [0.25, 0.3) is 10.9 Å². The van der Waals surface area contributed by atoms with Crippen molar-refractivity contribution in [2.75, 3.05) is 24.2 Å². The third-order valence-corrected chi connectivity index (χ3v) is 4.37. The Labute approximate surface area is 122 Å². The number of para-hydroxylation sites is 1. The predicted molar refractivity (Wildman–Crippen MR) is 87.4 cm³/mol. The Morgan fingerprint density at radius 3 is 2.85 bits per heavy atom. The molecule has 3 rings (SSSR count). The van der Waals surface area contributed by atoms with Gasteiger partial charge in [0.25, 0.3) is 0 Å². The molecule has 3 nitrogen and oxygen atoms in total. The average Bonchev–Trinajstić information content (AvgIpc) is 2.98. The third-order valence-electron chi connectivity index (χ3n) is 3.43. The minimum atomic E-state index is 0.734. The Morgan fingerprint density at radius 1 is 1.20 bits per heavy atom. The number of aromatic nitrogens is 1. The van der Waals surface area contributed by atoms with Crippen molar-refractivity contribution in [3.8, 4) is 0 Å². The van der Waals surface area contributed by atoms with Gasteiger partial charge in [-0.2, -0.15) is 0 Å². The topological polar surface area (TPSA) is 42.1 Å². The number of anilines is 2. The zero-order valence-electron chi connectivity index (χ0n) is 11.4. The Kier molecular flexibility index (Phi) is 3.56. The number of benzene rings is 1. The van der Waals surface area contributed by atoms with E-state index in [-0.39, 0.29) is 0 Å². The number of nitrogens with zero attached hydrogens (tertiary/aromatic N) is 2. The predicted octanol–water partition coefficient (Wildman–Crippen LogP) is 3.56. The SMILES string of the molecule is CN(CCc1cccs1)c1c(N)cnc2ccccc12. The van der Waals surface area contributed by atoms with Gasteiger partial charge in [-0.05, 0) is 23.9 Å². The molecule has 0 aliphatic heterocycles. The highest BCUT2D eigenvalue weighted by molar-refractivity contribution is 7.09. The number of nitrogens with two attached hydrogens (primary N) is 1. The van der Waals surface area contributed by atoms with Gasteiger partial charge in [0, 0.05) is 23.9 Å². The molecule has 0 saturated carbocycles. The van der Waals surface area contributed by atoms with Crippen LogP contribution in [0.4, 0.5) is 11.4 Å². The van der Waals surface area contributed by atoms with Gasteiger partial charge < -0.3 is 10.6 Å². The zero-order chi connectivity index (χ0) is 13.9. The first-order valence-corrected chi connectivity index (χ1v) is 7.50. The van der Waals surface area contributed by atoms with E-state index in [1.165, 1.54) is 4.88 Å². The van der Waals surface area contributed by atoms with E-state index in [1.54, 1.807) is 17.5 Å². The molecule has 0 saturated heterocycles. The highest BCUT2D eigenvalue weighted by Gasteiger charge is 2.11. The van der Waals surface area contributed by atoms with Crippen LogP contribution in [0.2, 0.25) is 0 Å². The maximum absolute atomic E-state index is 6.13. The first kappa shape index (κ1) is 12.9. The first-order valence-electron chi connectivity index (χ1n) is 6.62. The van der Waals surface area contributed by atoms with Crippen molar-refractivity contribution in [2.24, 2.45) is 0 Å². The summed E-state index contributed by atoms with van der Waals surface area (Å²) in [5.74, 6) is 0. The summed E-state index contributed by atoms with van der Waals surface area (Å²) < 4.78 is 0. The lowest BCUT2D eigenvalue weighted by Crippen LogP contribution is -2.21. The number of pyridine rings is 1. The van der Waals surface area contributed by atoms with Gasteiger partial charge in [-0.25, -0.2) is 0 Å². The largest absolute Gasteiger partial charge is 0.396 e. The molecule has 0 aliphatic rings. The molecule has 0 bridgehead atoms. The summed E-state index contributed by atoms with van der Waals surface area (Å²) in [7, 11) is 2.09.